The smallest absolute Gasteiger partial charge is 0.163 e. The Kier molecular flexibility index (Phi) is 1.28. The highest BCUT2D eigenvalue weighted by Gasteiger charge is 2.04. The second-order valence-corrected chi connectivity index (χ2v) is 2.59. The first-order valence-electron chi connectivity index (χ1n) is 2.71. The summed E-state index contributed by atoms with van der Waals surface area (Å²) in [5.74, 6) is 0.780. The lowest BCUT2D eigenvalue weighted by atomic mass is 10.6. The second kappa shape index (κ2) is 2.26. The summed E-state index contributed by atoms with van der Waals surface area (Å²) in [6, 6.07) is 0. The molecule has 1 aliphatic rings. The summed E-state index contributed by atoms with van der Waals surface area (Å²) in [6.45, 7) is 0. The molecule has 0 aromatic carbocycles. The molecule has 0 amide bonds. The number of anilines is 1. The molecule has 2 rings (SSSR count). The zero-order chi connectivity index (χ0) is 6.81. The molecule has 1 aromatic rings. The highest BCUT2D eigenvalue weighted by Crippen LogP contribution is 2.24. The minimum atomic E-state index is 0.780. The molecule has 0 fully saturated rings. The molecule has 0 saturated carbocycles. The maximum Gasteiger partial charge on any atom is 0.163 e. The average molecular weight is 152 g/mol. The molecular formula is C5H4N4S. The largest absolute Gasteiger partial charge is 0.260 e. The lowest BCUT2D eigenvalue weighted by molar-refractivity contribution is 1.07. The Bertz CT molecular complexity index is 245. The van der Waals surface area contributed by atoms with Crippen LogP contribution in [0.2, 0.25) is 0 Å². The number of nitrogens with one attached hydrogen (secondary N) is 1. The van der Waals surface area contributed by atoms with Crippen LogP contribution in [-0.4, -0.2) is 15.5 Å². The van der Waals surface area contributed by atoms with Crippen molar-refractivity contribution in [3.63, 3.8) is 0 Å². The molecule has 0 saturated heterocycles. The summed E-state index contributed by atoms with van der Waals surface area (Å²) in [5.41, 5.74) is 4.47. The maximum absolute atomic E-state index is 3.96. The van der Waals surface area contributed by atoms with Gasteiger partial charge in [0, 0.05) is 6.20 Å². The number of fused-ring (bicyclic) bond motifs is 1. The Balaban J connectivity index is 2.47. The molecule has 1 N–H and O–H groups in total. The van der Waals surface area contributed by atoms with Gasteiger partial charge in [0.2, 0.25) is 0 Å². The Morgan fingerprint density at radius 2 is 2.50 bits per heavy atom. The Morgan fingerprint density at radius 3 is 3.40 bits per heavy atom. The Labute approximate surface area is 61.8 Å². The van der Waals surface area contributed by atoms with Crippen LogP contribution in [0.3, 0.4) is 0 Å². The number of aromatic nitrogens is 2. The van der Waals surface area contributed by atoms with Crippen LogP contribution >= 0.6 is 11.8 Å². The van der Waals surface area contributed by atoms with E-state index in [0.29, 0.717) is 0 Å². The van der Waals surface area contributed by atoms with Crippen LogP contribution < -0.4 is 5.43 Å². The molecule has 5 heteroatoms. The SMILES string of the molecule is C1=NNc2ncncc2S1. The van der Waals surface area contributed by atoms with Gasteiger partial charge in [-0.3, -0.25) is 5.43 Å². The normalized spacial score (nSPS) is 14.0. The number of hydrogen-bond acceptors (Lipinski definition) is 5. The molecule has 0 radical (unpaired) electrons. The number of hydrazone groups is 1. The van der Waals surface area contributed by atoms with E-state index in [-0.39, 0.29) is 0 Å². The number of rotatable bonds is 0. The van der Waals surface area contributed by atoms with Crippen LogP contribution in [0.1, 0.15) is 0 Å². The van der Waals surface area contributed by atoms with E-state index in [1.165, 1.54) is 18.1 Å². The van der Waals surface area contributed by atoms with Crippen molar-refractivity contribution in [2.75, 3.05) is 5.43 Å². The van der Waals surface area contributed by atoms with E-state index in [1.54, 1.807) is 11.7 Å². The van der Waals surface area contributed by atoms with Crippen molar-refractivity contribution in [2.24, 2.45) is 5.10 Å². The third-order valence-electron chi connectivity index (χ3n) is 1.08. The fourth-order valence-corrected chi connectivity index (χ4v) is 1.21. The quantitative estimate of drug-likeness (QED) is 0.601. The highest BCUT2D eigenvalue weighted by molar-refractivity contribution is 8.12. The molecular weight excluding hydrogens is 148 g/mol. The molecule has 10 heavy (non-hydrogen) atoms. The second-order valence-electron chi connectivity index (χ2n) is 1.70. The molecule has 4 nitrogen and oxygen atoms in total. The molecule has 0 bridgehead atoms. The summed E-state index contributed by atoms with van der Waals surface area (Å²) < 4.78 is 0. The third kappa shape index (κ3) is 0.841. The number of thioether (sulfide) groups is 1. The summed E-state index contributed by atoms with van der Waals surface area (Å²) in [5, 5.41) is 3.82. The van der Waals surface area contributed by atoms with Crippen molar-refractivity contribution < 1.29 is 0 Å². The van der Waals surface area contributed by atoms with Crippen LogP contribution in [0.4, 0.5) is 5.82 Å². The highest BCUT2D eigenvalue weighted by atomic mass is 32.2. The van der Waals surface area contributed by atoms with Crippen LogP contribution in [0.5, 0.6) is 0 Å². The predicted molar refractivity (Wildman–Crippen MR) is 40.0 cm³/mol. The lowest BCUT2D eigenvalue weighted by Gasteiger charge is -2.06. The fraction of sp³-hybridized carbons (Fsp3) is 0. The Morgan fingerprint density at radius 1 is 1.50 bits per heavy atom. The first kappa shape index (κ1) is 5.67. The maximum atomic E-state index is 3.96. The molecule has 2 heterocycles. The number of nitrogens with zero attached hydrogens (tertiary/aromatic N) is 3. The first-order chi connectivity index (χ1) is 4.97. The average Bonchev–Trinajstić information content (AvgIpc) is 2.05. The predicted octanol–water partition coefficient (Wildman–Crippen LogP) is 0.937. The first-order valence-corrected chi connectivity index (χ1v) is 3.59. The molecule has 0 atom stereocenters. The van der Waals surface area contributed by atoms with E-state index in [1.807, 2.05) is 0 Å². The van der Waals surface area contributed by atoms with Crippen LogP contribution in [-0.2, 0) is 0 Å². The van der Waals surface area contributed by atoms with Gasteiger partial charge in [0.05, 0.1) is 10.4 Å². The van der Waals surface area contributed by atoms with E-state index in [0.717, 1.165) is 10.7 Å². The summed E-state index contributed by atoms with van der Waals surface area (Å²) in [6.07, 6.45) is 3.25. The van der Waals surface area contributed by atoms with Gasteiger partial charge in [-0.15, -0.1) is 0 Å². The van der Waals surface area contributed by atoms with E-state index < -0.39 is 0 Å². The molecule has 0 aliphatic carbocycles. The van der Waals surface area contributed by atoms with Crippen molar-refractivity contribution in [1.82, 2.24) is 9.97 Å². The van der Waals surface area contributed by atoms with Gasteiger partial charge in [-0.1, -0.05) is 11.8 Å². The fourth-order valence-electron chi connectivity index (χ4n) is 0.658. The minimum Gasteiger partial charge on any atom is -0.260 e. The molecule has 0 spiro atoms. The third-order valence-corrected chi connectivity index (χ3v) is 1.85. The monoisotopic (exact) mass is 152 g/mol. The zero-order valence-corrected chi connectivity index (χ0v) is 5.80. The topological polar surface area (TPSA) is 50.2 Å². The van der Waals surface area contributed by atoms with E-state index >= 15 is 0 Å². The van der Waals surface area contributed by atoms with Crippen molar-refractivity contribution in [3.8, 4) is 0 Å². The van der Waals surface area contributed by atoms with Crippen molar-refractivity contribution in [1.29, 1.82) is 0 Å². The van der Waals surface area contributed by atoms with Gasteiger partial charge in [-0.2, -0.15) is 5.10 Å². The lowest BCUT2D eigenvalue weighted by Crippen LogP contribution is -1.98. The van der Waals surface area contributed by atoms with E-state index in [9.17, 15) is 0 Å². The van der Waals surface area contributed by atoms with Crippen molar-refractivity contribution >= 4 is 23.1 Å². The number of hydrogen-bond donors (Lipinski definition) is 1. The van der Waals surface area contributed by atoms with Gasteiger partial charge >= 0.3 is 0 Å². The van der Waals surface area contributed by atoms with Gasteiger partial charge in [0.25, 0.3) is 0 Å². The van der Waals surface area contributed by atoms with Gasteiger partial charge in [0.1, 0.15) is 6.33 Å². The summed E-state index contributed by atoms with van der Waals surface area (Å²) in [7, 11) is 0. The van der Waals surface area contributed by atoms with Gasteiger partial charge in [0.15, 0.2) is 5.82 Å². The minimum absolute atomic E-state index is 0.780. The van der Waals surface area contributed by atoms with Crippen molar-refractivity contribution in [3.05, 3.63) is 12.5 Å². The van der Waals surface area contributed by atoms with E-state index in [2.05, 4.69) is 20.5 Å². The molecule has 0 unspecified atom stereocenters. The standard InChI is InChI=1S/C5H4N4S/c1-4-5(7-2-6-1)9-8-3-10-4/h1-3H,(H,6,7,9). The summed E-state index contributed by atoms with van der Waals surface area (Å²) in [4.78, 5) is 8.84. The van der Waals surface area contributed by atoms with Gasteiger partial charge < -0.3 is 0 Å². The van der Waals surface area contributed by atoms with Crippen LogP contribution in [0.15, 0.2) is 22.5 Å². The molecule has 1 aromatic heterocycles. The van der Waals surface area contributed by atoms with Crippen LogP contribution in [0.25, 0.3) is 0 Å². The zero-order valence-electron chi connectivity index (χ0n) is 4.98. The van der Waals surface area contributed by atoms with Crippen LogP contribution in [0, 0.1) is 0 Å². The van der Waals surface area contributed by atoms with Gasteiger partial charge in [-0.05, 0) is 0 Å². The molecule has 50 valence electrons. The van der Waals surface area contributed by atoms with Crippen molar-refractivity contribution in [2.45, 2.75) is 4.90 Å². The molecule has 1 aliphatic heterocycles. The van der Waals surface area contributed by atoms with E-state index in [4.69, 9.17) is 0 Å². The van der Waals surface area contributed by atoms with Gasteiger partial charge in [-0.25, -0.2) is 9.97 Å². The summed E-state index contributed by atoms with van der Waals surface area (Å²) >= 11 is 1.51. The Hall–Kier alpha value is -1.10.